The molecule has 1 spiro atoms. The number of amidine groups is 1. The summed E-state index contributed by atoms with van der Waals surface area (Å²) in [7, 11) is 2.11. The zero-order chi connectivity index (χ0) is 23.9. The molecule has 4 N–H and O–H groups in total. The second-order valence-corrected chi connectivity index (χ2v) is 9.37. The van der Waals surface area contributed by atoms with Gasteiger partial charge in [0.2, 0.25) is 5.91 Å². The number of carbonyl (C=O) groups excluding carboxylic acids is 1. The summed E-state index contributed by atoms with van der Waals surface area (Å²) in [6, 6.07) is 7.23. The lowest BCUT2D eigenvalue weighted by atomic mass is 9.65. The van der Waals surface area contributed by atoms with Gasteiger partial charge in [0.25, 0.3) is 0 Å². The van der Waals surface area contributed by atoms with Crippen LogP contribution in [0.5, 0.6) is 0 Å². The fraction of sp³-hybridized carbons (Fsp3) is 0.400. The Balaban J connectivity index is 1.60. The minimum atomic E-state index is -0.789. The molecule has 1 aliphatic carbocycles. The van der Waals surface area contributed by atoms with Crippen LogP contribution in [0.2, 0.25) is 0 Å². The number of hydrogen-bond donors (Lipinski definition) is 3. The fourth-order valence-electron chi connectivity index (χ4n) is 5.08. The third-order valence-electron chi connectivity index (χ3n) is 7.20. The van der Waals surface area contributed by atoms with E-state index in [0.29, 0.717) is 5.56 Å². The maximum Gasteiger partial charge on any atom is 0.235 e. The summed E-state index contributed by atoms with van der Waals surface area (Å²) >= 11 is 0. The van der Waals surface area contributed by atoms with E-state index < -0.39 is 17.0 Å². The highest BCUT2D eigenvalue weighted by Crippen LogP contribution is 2.53. The Hall–Kier alpha value is -3.33. The number of benzene rings is 2. The number of nitrogens with zero attached hydrogens (tertiary/aromatic N) is 3. The number of piperidine rings is 1. The number of nitrogens with one attached hydrogen (secondary N) is 2. The molecule has 34 heavy (non-hydrogen) atoms. The van der Waals surface area contributed by atoms with Crippen LogP contribution in [0.3, 0.4) is 0 Å². The lowest BCUT2D eigenvalue weighted by Gasteiger charge is -2.36. The lowest BCUT2D eigenvalue weighted by molar-refractivity contribution is -0.123. The van der Waals surface area contributed by atoms with Crippen molar-refractivity contribution in [3.05, 3.63) is 53.1 Å². The molecule has 2 aliphatic heterocycles. The van der Waals surface area contributed by atoms with Crippen LogP contribution in [-0.4, -0.2) is 49.2 Å². The second kappa shape index (κ2) is 8.79. The van der Waals surface area contributed by atoms with Crippen molar-refractivity contribution < 1.29 is 13.6 Å². The number of rotatable bonds is 4. The Kier molecular flexibility index (Phi) is 5.81. The van der Waals surface area contributed by atoms with Gasteiger partial charge in [-0.1, -0.05) is 6.42 Å². The van der Waals surface area contributed by atoms with Crippen molar-refractivity contribution in [2.45, 2.75) is 43.6 Å². The van der Waals surface area contributed by atoms with Crippen molar-refractivity contribution in [2.24, 2.45) is 15.7 Å². The van der Waals surface area contributed by atoms with Crippen molar-refractivity contribution in [3.63, 3.8) is 0 Å². The third-order valence-corrected chi connectivity index (χ3v) is 7.20. The van der Waals surface area contributed by atoms with Crippen molar-refractivity contribution in [3.8, 4) is 0 Å². The number of nitrogens with two attached hydrogens (primary N) is 1. The predicted octanol–water partition coefficient (Wildman–Crippen LogP) is 3.91. The molecular weight excluding hydrogens is 438 g/mol. The summed E-state index contributed by atoms with van der Waals surface area (Å²) in [5.74, 6) is -1.26. The number of aliphatic imine (C=N–C) groups is 2. The van der Waals surface area contributed by atoms with Crippen molar-refractivity contribution in [1.29, 1.82) is 0 Å². The van der Waals surface area contributed by atoms with Crippen molar-refractivity contribution in [1.82, 2.24) is 4.90 Å². The molecule has 2 fully saturated rings. The normalized spacial score (nSPS) is 20.4. The number of likely N-dealkylation sites (tertiary alicyclic amines) is 1. The molecule has 1 amide bonds. The van der Waals surface area contributed by atoms with Gasteiger partial charge in [-0.25, -0.2) is 18.8 Å². The molecule has 7 nitrogen and oxygen atoms in total. The number of hydrogen-bond acceptors (Lipinski definition) is 4. The highest BCUT2D eigenvalue weighted by Gasteiger charge is 2.52. The van der Waals surface area contributed by atoms with Crippen LogP contribution in [0.15, 0.2) is 40.3 Å². The molecule has 0 radical (unpaired) electrons. The molecule has 2 aromatic rings. The van der Waals surface area contributed by atoms with Crippen LogP contribution in [-0.2, 0) is 10.2 Å². The molecule has 0 unspecified atom stereocenters. The Bertz CT molecular complexity index is 1180. The Morgan fingerprint density at radius 2 is 2.00 bits per heavy atom. The first-order chi connectivity index (χ1) is 16.4. The molecule has 2 aromatic carbocycles. The monoisotopic (exact) mass is 466 g/mol. The van der Waals surface area contributed by atoms with E-state index in [1.165, 1.54) is 6.07 Å². The first-order valence-electron chi connectivity index (χ1n) is 11.6. The highest BCUT2D eigenvalue weighted by atomic mass is 19.1. The molecule has 178 valence electrons. The number of amides is 1. The van der Waals surface area contributed by atoms with Crippen LogP contribution < -0.4 is 16.4 Å². The molecule has 0 aromatic heterocycles. The van der Waals surface area contributed by atoms with Crippen LogP contribution >= 0.6 is 0 Å². The number of anilines is 2. The number of fused-ring (bicyclic) bond motifs is 2. The van der Waals surface area contributed by atoms with Gasteiger partial charge in [-0.2, -0.15) is 0 Å². The quantitative estimate of drug-likeness (QED) is 0.470. The Labute approximate surface area is 197 Å². The van der Waals surface area contributed by atoms with Crippen LogP contribution in [0.25, 0.3) is 0 Å². The zero-order valence-electron chi connectivity index (χ0n) is 19.1. The molecule has 1 saturated carbocycles. The lowest BCUT2D eigenvalue weighted by Crippen LogP contribution is -2.40. The Morgan fingerprint density at radius 1 is 1.24 bits per heavy atom. The van der Waals surface area contributed by atoms with E-state index in [0.717, 1.165) is 80.6 Å². The van der Waals surface area contributed by atoms with E-state index in [1.807, 2.05) is 12.1 Å². The average molecular weight is 467 g/mol. The molecule has 1 saturated heterocycles. The summed E-state index contributed by atoms with van der Waals surface area (Å²) in [4.78, 5) is 23.8. The van der Waals surface area contributed by atoms with Gasteiger partial charge in [0.15, 0.2) is 11.7 Å². The van der Waals surface area contributed by atoms with E-state index in [-0.39, 0.29) is 23.5 Å². The van der Waals surface area contributed by atoms with Gasteiger partial charge in [-0.3, -0.25) is 4.79 Å². The van der Waals surface area contributed by atoms with E-state index >= 15 is 0 Å². The minimum Gasteiger partial charge on any atom is -0.390 e. The van der Waals surface area contributed by atoms with Gasteiger partial charge < -0.3 is 21.3 Å². The van der Waals surface area contributed by atoms with E-state index in [2.05, 4.69) is 32.6 Å². The highest BCUT2D eigenvalue weighted by molar-refractivity contribution is 6.12. The maximum atomic E-state index is 14.3. The zero-order valence-corrected chi connectivity index (χ0v) is 19.1. The van der Waals surface area contributed by atoms with Gasteiger partial charge in [-0.05, 0) is 75.6 Å². The smallest absolute Gasteiger partial charge is 0.235 e. The molecule has 2 heterocycles. The minimum absolute atomic E-state index is 0.0164. The molecular formula is C25H28F2N6O. The molecule has 9 heteroatoms. The molecule has 0 atom stereocenters. The third kappa shape index (κ3) is 3.94. The summed E-state index contributed by atoms with van der Waals surface area (Å²) in [5.41, 5.74) is 8.14. The van der Waals surface area contributed by atoms with Crippen molar-refractivity contribution in [2.75, 3.05) is 30.8 Å². The van der Waals surface area contributed by atoms with Gasteiger partial charge in [0, 0.05) is 17.7 Å². The maximum absolute atomic E-state index is 14.3. The molecule has 0 bridgehead atoms. The van der Waals surface area contributed by atoms with Crippen LogP contribution in [0, 0.1) is 11.6 Å². The first kappa shape index (κ1) is 22.5. The number of carbonyl (C=O) groups is 1. The first-order valence-corrected chi connectivity index (χ1v) is 11.6. The largest absolute Gasteiger partial charge is 0.390 e. The average Bonchev–Trinajstić information content (AvgIpc) is 3.09. The number of halogens is 2. The molecule has 5 rings (SSSR count). The van der Waals surface area contributed by atoms with Crippen LogP contribution in [0.1, 0.15) is 43.2 Å². The van der Waals surface area contributed by atoms with Gasteiger partial charge in [-0.15, -0.1) is 0 Å². The predicted molar refractivity (Wildman–Crippen MR) is 130 cm³/mol. The van der Waals surface area contributed by atoms with Crippen LogP contribution in [0.4, 0.5) is 25.8 Å². The van der Waals surface area contributed by atoms with E-state index in [4.69, 9.17) is 5.73 Å². The van der Waals surface area contributed by atoms with Gasteiger partial charge in [0.1, 0.15) is 11.5 Å². The van der Waals surface area contributed by atoms with Gasteiger partial charge >= 0.3 is 0 Å². The van der Waals surface area contributed by atoms with Gasteiger partial charge in [0.05, 0.1) is 23.1 Å². The Morgan fingerprint density at radius 3 is 2.65 bits per heavy atom. The summed E-state index contributed by atoms with van der Waals surface area (Å²) in [6.07, 6.45) is 5.61. The fourth-order valence-corrected chi connectivity index (χ4v) is 5.08. The summed E-state index contributed by atoms with van der Waals surface area (Å²) in [5, 5.41) is 6.73. The standard InChI is InChI=1S/C25H28F2N6O/c1-33-9-5-17(6-10-33)30-21-12-15(11-18-22(21)32-24(34)25(18)7-2-8-25)23(29-14-28)31-20-4-3-16(26)13-19(20)27/h3-4,11-14,17,30H,2,5-10H2,1H3,(H,32,34)(H2,28,29,31). The second-order valence-electron chi connectivity index (χ2n) is 9.37. The van der Waals surface area contributed by atoms with Crippen molar-refractivity contribution >= 4 is 35.1 Å². The van der Waals surface area contributed by atoms with E-state index in [1.54, 1.807) is 0 Å². The topological polar surface area (TPSA) is 95.1 Å². The molecule has 3 aliphatic rings. The van der Waals surface area contributed by atoms with E-state index in [9.17, 15) is 13.6 Å². The SMILES string of the molecule is CN1CCC(Nc2cc(C(N=CN)=Nc3ccc(F)cc3F)cc3c2NC(=O)C32CCC2)CC1. The summed E-state index contributed by atoms with van der Waals surface area (Å²) in [6.45, 7) is 1.98. The summed E-state index contributed by atoms with van der Waals surface area (Å²) < 4.78 is 27.7.